The Morgan fingerprint density at radius 1 is 1.20 bits per heavy atom. The maximum atomic E-state index is 12.8. The van der Waals surface area contributed by atoms with Crippen molar-refractivity contribution in [1.29, 1.82) is 10.8 Å². The second-order valence-electron chi connectivity index (χ2n) is 10.7. The van der Waals surface area contributed by atoms with E-state index in [-0.39, 0.29) is 17.5 Å². The van der Waals surface area contributed by atoms with Crippen LogP contribution in [0.5, 0.6) is 0 Å². The monoisotopic (exact) mass is 561 g/mol. The maximum Gasteiger partial charge on any atom is 0.468 e. The van der Waals surface area contributed by atoms with E-state index in [9.17, 15) is 18.0 Å². The van der Waals surface area contributed by atoms with Crippen LogP contribution < -0.4 is 20.9 Å². The number of halogens is 3. The van der Waals surface area contributed by atoms with Crippen molar-refractivity contribution in [2.24, 2.45) is 0 Å². The lowest BCUT2D eigenvalue weighted by molar-refractivity contribution is -0.119. The molecule has 2 aromatic rings. The topological polar surface area (TPSA) is 152 Å². The van der Waals surface area contributed by atoms with E-state index in [0.717, 1.165) is 11.3 Å². The molecule has 40 heavy (non-hydrogen) atoms. The number of ether oxygens (including phenoxy) is 1. The summed E-state index contributed by atoms with van der Waals surface area (Å²) in [5.41, 5.74) is 1.25. The van der Waals surface area contributed by atoms with Gasteiger partial charge in [0.25, 0.3) is 5.90 Å². The van der Waals surface area contributed by atoms with Crippen molar-refractivity contribution in [3.05, 3.63) is 35.4 Å². The minimum atomic E-state index is -5.00. The molecule has 216 valence electrons. The molecular weight excluding hydrogens is 527 g/mol. The summed E-state index contributed by atoms with van der Waals surface area (Å²) in [5.74, 6) is -1.79. The molecule has 11 nitrogen and oxygen atoms in total. The van der Waals surface area contributed by atoms with Crippen molar-refractivity contribution in [1.82, 2.24) is 20.3 Å². The number of aromatic nitrogens is 3. The van der Waals surface area contributed by atoms with E-state index >= 15 is 0 Å². The first-order chi connectivity index (χ1) is 18.8. The largest absolute Gasteiger partial charge is 0.468 e. The van der Waals surface area contributed by atoms with Crippen LogP contribution in [0.1, 0.15) is 63.4 Å². The first kappa shape index (κ1) is 29.2. The van der Waals surface area contributed by atoms with Crippen molar-refractivity contribution in [2.75, 3.05) is 41.7 Å². The highest BCUT2D eigenvalue weighted by Crippen LogP contribution is 2.42. The van der Waals surface area contributed by atoms with Gasteiger partial charge in [-0.2, -0.15) is 13.2 Å². The van der Waals surface area contributed by atoms with Crippen LogP contribution >= 0.6 is 0 Å². The van der Waals surface area contributed by atoms with Gasteiger partial charge in [-0.3, -0.25) is 15.6 Å². The number of hydrogen-bond donors (Lipinski definition) is 5. The fourth-order valence-electron chi connectivity index (χ4n) is 4.86. The molecule has 4 rings (SSSR count). The van der Waals surface area contributed by atoms with Gasteiger partial charge in [-0.1, -0.05) is 13.8 Å². The van der Waals surface area contributed by atoms with Gasteiger partial charge in [0.15, 0.2) is 0 Å². The molecular formula is C26H34F3N9O2. The van der Waals surface area contributed by atoms with Gasteiger partial charge in [-0.15, -0.1) is 0 Å². The summed E-state index contributed by atoms with van der Waals surface area (Å²) in [5, 5.41) is 24.6. The second-order valence-corrected chi connectivity index (χ2v) is 10.7. The average molecular weight is 562 g/mol. The third-order valence-electron chi connectivity index (χ3n) is 7.05. The first-order valence-corrected chi connectivity index (χ1v) is 13.1. The molecule has 4 heterocycles. The molecule has 0 saturated carbocycles. The number of alkyl halides is 3. The normalized spacial score (nSPS) is 17.0. The Labute approximate surface area is 230 Å². The van der Waals surface area contributed by atoms with Crippen LogP contribution in [-0.2, 0) is 14.9 Å². The summed E-state index contributed by atoms with van der Waals surface area (Å²) in [4.78, 5) is 27.9. The zero-order chi connectivity index (χ0) is 29.2. The third kappa shape index (κ3) is 6.16. The minimum absolute atomic E-state index is 0.0609. The molecule has 0 bridgehead atoms. The van der Waals surface area contributed by atoms with Gasteiger partial charge in [-0.05, 0) is 38.8 Å². The molecule has 5 N–H and O–H groups in total. The Bertz CT molecular complexity index is 1290. The van der Waals surface area contributed by atoms with Gasteiger partial charge in [0.1, 0.15) is 23.7 Å². The summed E-state index contributed by atoms with van der Waals surface area (Å²) >= 11 is 0. The number of carbonyl (C=O) groups excluding carboxylic acids is 1. The van der Waals surface area contributed by atoms with Gasteiger partial charge >= 0.3 is 6.18 Å². The Hall–Kier alpha value is -3.81. The van der Waals surface area contributed by atoms with Crippen LogP contribution in [0.4, 0.5) is 30.5 Å². The number of fused-ring (bicyclic) bond motifs is 1. The Morgan fingerprint density at radius 2 is 1.90 bits per heavy atom. The molecule has 0 atom stereocenters. The second kappa shape index (κ2) is 11.4. The highest BCUT2D eigenvalue weighted by atomic mass is 19.4. The Morgan fingerprint density at radius 3 is 2.55 bits per heavy atom. The molecule has 0 aromatic carbocycles. The SMILES string of the molecule is CC(C)NCCNc1ccc(C(=N)OC(=N)C(F)(F)F)nc1C1CCN(c2ncnc3c2C(C)(C)C(=O)N3)CC1. The van der Waals surface area contributed by atoms with Crippen molar-refractivity contribution in [2.45, 2.75) is 64.1 Å². The summed E-state index contributed by atoms with van der Waals surface area (Å²) in [6.45, 7) is 10.3. The van der Waals surface area contributed by atoms with Crippen molar-refractivity contribution < 1.29 is 22.7 Å². The van der Waals surface area contributed by atoms with Crippen LogP contribution in [0.3, 0.4) is 0 Å². The molecule has 1 saturated heterocycles. The fourth-order valence-corrected chi connectivity index (χ4v) is 4.86. The Balaban J connectivity index is 1.54. The first-order valence-electron chi connectivity index (χ1n) is 13.1. The molecule has 14 heteroatoms. The van der Waals surface area contributed by atoms with Gasteiger partial charge < -0.3 is 25.6 Å². The smallest absolute Gasteiger partial charge is 0.415 e. The fraction of sp³-hybridized carbons (Fsp3) is 0.538. The van der Waals surface area contributed by atoms with Crippen molar-refractivity contribution in [3.63, 3.8) is 0 Å². The number of carbonyl (C=O) groups is 1. The molecule has 0 spiro atoms. The number of amides is 1. The van der Waals surface area contributed by atoms with E-state index in [1.165, 1.54) is 12.4 Å². The number of pyridine rings is 1. The van der Waals surface area contributed by atoms with Gasteiger partial charge in [0.05, 0.1) is 22.4 Å². The molecule has 2 aliphatic heterocycles. The number of nitrogens with zero attached hydrogens (tertiary/aromatic N) is 4. The minimum Gasteiger partial charge on any atom is -0.415 e. The summed E-state index contributed by atoms with van der Waals surface area (Å²) < 4.78 is 42.8. The van der Waals surface area contributed by atoms with Crippen LogP contribution in [0.2, 0.25) is 0 Å². The summed E-state index contributed by atoms with van der Waals surface area (Å²) in [6, 6.07) is 3.41. The van der Waals surface area contributed by atoms with Crippen LogP contribution in [0.25, 0.3) is 0 Å². The predicted octanol–water partition coefficient (Wildman–Crippen LogP) is 3.78. The standard InChI is InChI=1S/C26H34F3N9O2/c1-14(2)32-9-10-33-16-5-6-17(20(30)40-23(31)26(27,28)29)36-19(16)15-7-11-38(12-8-15)22-18-21(34-13-35-22)37-24(39)25(18,3)4/h5-6,13-15,30-33H,7-12H2,1-4H3,(H,34,35,37,39). The quantitative estimate of drug-likeness (QED) is 0.186. The van der Waals surface area contributed by atoms with E-state index in [1.807, 2.05) is 27.7 Å². The lowest BCUT2D eigenvalue weighted by Gasteiger charge is -2.35. The maximum absolute atomic E-state index is 12.8. The molecule has 0 radical (unpaired) electrons. The van der Waals surface area contributed by atoms with Gasteiger partial charge in [-0.25, -0.2) is 15.0 Å². The zero-order valence-corrected chi connectivity index (χ0v) is 22.9. The van der Waals surface area contributed by atoms with Crippen molar-refractivity contribution >= 4 is 35.0 Å². The number of rotatable bonds is 8. The molecule has 1 fully saturated rings. The summed E-state index contributed by atoms with van der Waals surface area (Å²) in [6.07, 6.45) is -2.25. The number of piperidine rings is 1. The zero-order valence-electron chi connectivity index (χ0n) is 22.9. The molecule has 2 aromatic heterocycles. The van der Waals surface area contributed by atoms with Crippen molar-refractivity contribution in [3.8, 4) is 0 Å². The Kier molecular flexibility index (Phi) is 8.28. The molecule has 2 aliphatic rings. The van der Waals surface area contributed by atoms with E-state index < -0.39 is 23.4 Å². The highest BCUT2D eigenvalue weighted by Gasteiger charge is 2.43. The average Bonchev–Trinajstić information content (AvgIpc) is 3.14. The van der Waals surface area contributed by atoms with Gasteiger partial charge in [0, 0.05) is 38.1 Å². The molecule has 0 aliphatic carbocycles. The highest BCUT2D eigenvalue weighted by molar-refractivity contribution is 6.06. The van der Waals surface area contributed by atoms with E-state index in [0.29, 0.717) is 62.4 Å². The molecule has 1 amide bonds. The molecule has 0 unspecified atom stereocenters. The van der Waals surface area contributed by atoms with Crippen LogP contribution in [-0.4, -0.2) is 71.1 Å². The number of hydrogen-bond acceptors (Lipinski definition) is 10. The van der Waals surface area contributed by atoms with Crippen LogP contribution in [0.15, 0.2) is 18.5 Å². The van der Waals surface area contributed by atoms with E-state index in [4.69, 9.17) is 10.8 Å². The van der Waals surface area contributed by atoms with Crippen LogP contribution in [0, 0.1) is 10.8 Å². The number of nitrogens with one attached hydrogen (secondary N) is 5. The van der Waals surface area contributed by atoms with E-state index in [1.54, 1.807) is 6.07 Å². The van der Waals surface area contributed by atoms with E-state index in [2.05, 4.69) is 40.5 Å². The predicted molar refractivity (Wildman–Crippen MR) is 145 cm³/mol. The lowest BCUT2D eigenvalue weighted by atomic mass is 9.86. The lowest BCUT2D eigenvalue weighted by Crippen LogP contribution is -2.36. The van der Waals surface area contributed by atoms with Gasteiger partial charge in [0.2, 0.25) is 11.8 Å². The third-order valence-corrected chi connectivity index (χ3v) is 7.05. The number of anilines is 3. The summed E-state index contributed by atoms with van der Waals surface area (Å²) in [7, 11) is 0.